The Balaban J connectivity index is 0.00000392. The summed E-state index contributed by atoms with van der Waals surface area (Å²) >= 11 is 12.1. The maximum absolute atomic E-state index is 11.6. The number of ether oxygens (including phenoxy) is 1. The Bertz CT molecular complexity index is 653. The number of piperidine rings is 1. The number of aliphatic imine (C=N–C) groups is 1. The molecule has 0 saturated carbocycles. The Morgan fingerprint density at radius 2 is 2.04 bits per heavy atom. The minimum Gasteiger partial charge on any atom is -0.453 e. The van der Waals surface area contributed by atoms with Crippen LogP contribution in [0.2, 0.25) is 10.0 Å². The van der Waals surface area contributed by atoms with Crippen molar-refractivity contribution >= 4 is 59.2 Å². The number of nitrogens with zero attached hydrogens (tertiary/aromatic N) is 2. The molecule has 9 heteroatoms. The molecule has 0 unspecified atom stereocenters. The van der Waals surface area contributed by atoms with E-state index in [2.05, 4.69) is 15.6 Å². The highest BCUT2D eigenvalue weighted by Crippen LogP contribution is 2.22. The number of hydrogen-bond donors (Lipinski definition) is 2. The molecule has 1 heterocycles. The van der Waals surface area contributed by atoms with E-state index in [1.807, 2.05) is 19.1 Å². The lowest BCUT2D eigenvalue weighted by Crippen LogP contribution is -2.49. The van der Waals surface area contributed by atoms with Crippen molar-refractivity contribution in [2.75, 3.05) is 33.3 Å². The van der Waals surface area contributed by atoms with Crippen LogP contribution in [0.4, 0.5) is 4.79 Å². The van der Waals surface area contributed by atoms with Crippen LogP contribution in [0.3, 0.4) is 0 Å². The number of methoxy groups -OCH3 is 1. The maximum atomic E-state index is 11.6. The van der Waals surface area contributed by atoms with Crippen molar-refractivity contribution in [2.45, 2.75) is 38.6 Å². The predicted octanol–water partition coefficient (Wildman–Crippen LogP) is 4.33. The summed E-state index contributed by atoms with van der Waals surface area (Å²) in [6.45, 7) is 4.94. The highest BCUT2D eigenvalue weighted by molar-refractivity contribution is 14.0. The standard InChI is InChI=1S/C19H28Cl2N4O2.HI/c1-3-22-18(24-16-8-11-25(12-9-16)19(26)27-2)23-10-4-5-14-6-7-15(20)13-17(14)21;/h6-7,13,16H,3-5,8-12H2,1-2H3,(H2,22,23,24);1H. The minimum atomic E-state index is -0.255. The lowest BCUT2D eigenvalue weighted by molar-refractivity contribution is 0.111. The third kappa shape index (κ3) is 8.21. The highest BCUT2D eigenvalue weighted by Gasteiger charge is 2.23. The number of amides is 1. The summed E-state index contributed by atoms with van der Waals surface area (Å²) in [4.78, 5) is 18.0. The Hall–Kier alpha value is -0.930. The molecular weight excluding hydrogens is 514 g/mol. The summed E-state index contributed by atoms with van der Waals surface area (Å²) in [6, 6.07) is 5.90. The first-order valence-electron chi connectivity index (χ1n) is 9.35. The average Bonchev–Trinajstić information content (AvgIpc) is 2.66. The van der Waals surface area contributed by atoms with E-state index < -0.39 is 0 Å². The van der Waals surface area contributed by atoms with E-state index in [9.17, 15) is 4.79 Å². The molecule has 0 bridgehead atoms. The van der Waals surface area contributed by atoms with E-state index in [1.165, 1.54) is 7.11 Å². The number of guanidine groups is 1. The van der Waals surface area contributed by atoms with Gasteiger partial charge in [0.15, 0.2) is 5.96 Å². The van der Waals surface area contributed by atoms with Gasteiger partial charge < -0.3 is 20.3 Å². The van der Waals surface area contributed by atoms with Crippen LogP contribution >= 0.6 is 47.2 Å². The Kier molecular flexibility index (Phi) is 11.9. The van der Waals surface area contributed by atoms with E-state index in [4.69, 9.17) is 27.9 Å². The average molecular weight is 543 g/mol. The molecule has 2 rings (SSSR count). The van der Waals surface area contributed by atoms with Gasteiger partial charge in [-0.15, -0.1) is 24.0 Å². The van der Waals surface area contributed by atoms with Gasteiger partial charge in [-0.05, 0) is 50.3 Å². The number of nitrogens with one attached hydrogen (secondary N) is 2. The molecule has 1 aliphatic heterocycles. The summed E-state index contributed by atoms with van der Waals surface area (Å²) in [6.07, 6.45) is 3.25. The lowest BCUT2D eigenvalue weighted by atomic mass is 10.1. The van der Waals surface area contributed by atoms with Gasteiger partial charge in [0.2, 0.25) is 0 Å². The van der Waals surface area contributed by atoms with Gasteiger partial charge in [-0.2, -0.15) is 0 Å². The molecule has 0 spiro atoms. The van der Waals surface area contributed by atoms with Gasteiger partial charge >= 0.3 is 6.09 Å². The molecular formula is C19H29Cl2IN4O2. The first-order chi connectivity index (χ1) is 13.0. The van der Waals surface area contributed by atoms with Gasteiger partial charge in [0.05, 0.1) is 7.11 Å². The third-order valence-corrected chi connectivity index (χ3v) is 5.09. The summed E-state index contributed by atoms with van der Waals surface area (Å²) < 4.78 is 4.78. The number of halogens is 3. The van der Waals surface area contributed by atoms with Gasteiger partial charge in [-0.25, -0.2) is 4.79 Å². The lowest BCUT2D eigenvalue weighted by Gasteiger charge is -2.32. The molecule has 28 heavy (non-hydrogen) atoms. The number of rotatable bonds is 6. The zero-order chi connectivity index (χ0) is 19.6. The monoisotopic (exact) mass is 542 g/mol. The number of carbonyl (C=O) groups is 1. The van der Waals surface area contributed by atoms with Gasteiger partial charge in [-0.1, -0.05) is 29.3 Å². The van der Waals surface area contributed by atoms with Crippen molar-refractivity contribution in [2.24, 2.45) is 4.99 Å². The first kappa shape index (κ1) is 25.1. The van der Waals surface area contributed by atoms with Crippen LogP contribution in [0, 0.1) is 0 Å². The number of carbonyl (C=O) groups excluding carboxylic acids is 1. The van der Waals surface area contributed by atoms with E-state index in [1.54, 1.807) is 11.0 Å². The fourth-order valence-corrected chi connectivity index (χ4v) is 3.54. The quantitative estimate of drug-likeness (QED) is 0.243. The largest absolute Gasteiger partial charge is 0.453 e. The molecule has 1 aromatic rings. The molecule has 1 saturated heterocycles. The first-order valence-corrected chi connectivity index (χ1v) is 10.1. The van der Waals surface area contributed by atoms with Crippen LogP contribution in [0.25, 0.3) is 0 Å². The SMILES string of the molecule is CCNC(=NCCCc1ccc(Cl)cc1Cl)NC1CCN(C(=O)OC)CC1.I. The van der Waals surface area contributed by atoms with E-state index in [0.717, 1.165) is 43.8 Å². The third-order valence-electron chi connectivity index (χ3n) is 4.50. The van der Waals surface area contributed by atoms with Crippen LogP contribution in [0.15, 0.2) is 23.2 Å². The maximum Gasteiger partial charge on any atom is 0.409 e. The molecule has 1 aromatic carbocycles. The van der Waals surface area contributed by atoms with Crippen molar-refractivity contribution in [3.05, 3.63) is 33.8 Å². The number of likely N-dealkylation sites (tertiary alicyclic amines) is 1. The predicted molar refractivity (Wildman–Crippen MR) is 126 cm³/mol. The summed E-state index contributed by atoms with van der Waals surface area (Å²) in [5.41, 5.74) is 1.09. The van der Waals surface area contributed by atoms with Crippen molar-refractivity contribution in [3.63, 3.8) is 0 Å². The molecule has 0 radical (unpaired) electrons. The van der Waals surface area contributed by atoms with Crippen molar-refractivity contribution in [3.8, 4) is 0 Å². The number of benzene rings is 1. The molecule has 158 valence electrons. The summed E-state index contributed by atoms with van der Waals surface area (Å²) in [5, 5.41) is 8.11. The minimum absolute atomic E-state index is 0. The zero-order valence-corrected chi connectivity index (χ0v) is 20.2. The van der Waals surface area contributed by atoms with Crippen molar-refractivity contribution in [1.29, 1.82) is 0 Å². The highest BCUT2D eigenvalue weighted by atomic mass is 127. The molecule has 1 fully saturated rings. The van der Waals surface area contributed by atoms with Crippen molar-refractivity contribution in [1.82, 2.24) is 15.5 Å². The van der Waals surface area contributed by atoms with Crippen LogP contribution in [0.1, 0.15) is 31.7 Å². The van der Waals surface area contributed by atoms with E-state index in [-0.39, 0.29) is 30.1 Å². The number of hydrogen-bond acceptors (Lipinski definition) is 3. The molecule has 1 amide bonds. The van der Waals surface area contributed by atoms with Crippen LogP contribution in [0.5, 0.6) is 0 Å². The van der Waals surface area contributed by atoms with Crippen LogP contribution < -0.4 is 10.6 Å². The van der Waals surface area contributed by atoms with Gasteiger partial charge in [0.1, 0.15) is 0 Å². The van der Waals surface area contributed by atoms with Crippen LogP contribution in [-0.4, -0.2) is 56.3 Å². The second kappa shape index (κ2) is 13.3. The Morgan fingerprint density at radius 3 is 2.64 bits per heavy atom. The van der Waals surface area contributed by atoms with Gasteiger partial charge in [0.25, 0.3) is 0 Å². The normalized spacial score (nSPS) is 15.0. The topological polar surface area (TPSA) is 66.0 Å². The molecule has 0 atom stereocenters. The molecule has 0 aromatic heterocycles. The zero-order valence-electron chi connectivity index (χ0n) is 16.3. The van der Waals surface area contributed by atoms with E-state index >= 15 is 0 Å². The Labute approximate surface area is 194 Å². The number of aryl methyl sites for hydroxylation is 1. The van der Waals surface area contributed by atoms with Crippen molar-refractivity contribution < 1.29 is 9.53 Å². The smallest absolute Gasteiger partial charge is 0.409 e. The fraction of sp³-hybridized carbons (Fsp3) is 0.579. The molecule has 1 aliphatic rings. The molecule has 2 N–H and O–H groups in total. The second-order valence-corrected chi connectivity index (χ2v) is 7.32. The van der Waals surface area contributed by atoms with Crippen LogP contribution in [-0.2, 0) is 11.2 Å². The summed E-state index contributed by atoms with van der Waals surface area (Å²) in [5.74, 6) is 0.816. The van der Waals surface area contributed by atoms with Gasteiger partial charge in [0, 0.05) is 42.3 Å². The van der Waals surface area contributed by atoms with E-state index in [0.29, 0.717) is 35.7 Å². The Morgan fingerprint density at radius 1 is 1.32 bits per heavy atom. The van der Waals surface area contributed by atoms with Gasteiger partial charge in [-0.3, -0.25) is 4.99 Å². The molecule has 0 aliphatic carbocycles. The summed E-state index contributed by atoms with van der Waals surface area (Å²) in [7, 11) is 1.42. The fourth-order valence-electron chi connectivity index (χ4n) is 3.03. The molecule has 6 nitrogen and oxygen atoms in total. The second-order valence-electron chi connectivity index (χ2n) is 6.48.